The molecule has 19 heavy (non-hydrogen) atoms. The quantitative estimate of drug-likeness (QED) is 0.851. The standard InChI is InChI=1S/C16H29NO2/c1-3-4-13-5-6-15(18)14(11-13)12-17-9-7-16(2,19)8-10-17/h13-14,19H,3-12H2,1-2H3. The third-order valence-corrected chi connectivity index (χ3v) is 4.98. The minimum atomic E-state index is -0.488. The van der Waals surface area contributed by atoms with Crippen LogP contribution >= 0.6 is 0 Å². The van der Waals surface area contributed by atoms with Gasteiger partial charge in [0.05, 0.1) is 5.60 Å². The Morgan fingerprint density at radius 3 is 2.68 bits per heavy atom. The lowest BCUT2D eigenvalue weighted by molar-refractivity contribution is -0.126. The Hall–Kier alpha value is -0.410. The molecule has 1 saturated heterocycles. The number of piperidine rings is 1. The molecule has 2 aliphatic rings. The number of likely N-dealkylation sites (tertiary alicyclic amines) is 1. The first-order valence-corrected chi connectivity index (χ1v) is 7.97. The zero-order valence-electron chi connectivity index (χ0n) is 12.5. The van der Waals surface area contributed by atoms with E-state index >= 15 is 0 Å². The van der Waals surface area contributed by atoms with E-state index in [2.05, 4.69) is 11.8 Å². The number of ketones is 1. The molecule has 1 saturated carbocycles. The number of Topliss-reactive ketones (excluding diaryl/α,β-unsaturated/α-hetero) is 1. The van der Waals surface area contributed by atoms with Crippen molar-refractivity contribution in [3.8, 4) is 0 Å². The van der Waals surface area contributed by atoms with Gasteiger partial charge in [-0.1, -0.05) is 19.8 Å². The van der Waals surface area contributed by atoms with E-state index < -0.39 is 5.60 Å². The molecule has 3 heteroatoms. The molecule has 0 amide bonds. The molecule has 1 aliphatic heterocycles. The summed E-state index contributed by atoms with van der Waals surface area (Å²) in [5.74, 6) is 1.50. The van der Waals surface area contributed by atoms with Crippen molar-refractivity contribution in [3.63, 3.8) is 0 Å². The number of rotatable bonds is 4. The van der Waals surface area contributed by atoms with Gasteiger partial charge in [0.2, 0.25) is 0 Å². The highest BCUT2D eigenvalue weighted by atomic mass is 16.3. The van der Waals surface area contributed by atoms with Crippen molar-refractivity contribution in [2.24, 2.45) is 11.8 Å². The highest BCUT2D eigenvalue weighted by Crippen LogP contribution is 2.31. The fraction of sp³-hybridized carbons (Fsp3) is 0.938. The average Bonchev–Trinajstić information content (AvgIpc) is 2.36. The summed E-state index contributed by atoms with van der Waals surface area (Å²) in [6, 6.07) is 0. The maximum atomic E-state index is 12.1. The lowest BCUT2D eigenvalue weighted by Crippen LogP contribution is -2.45. The first-order valence-electron chi connectivity index (χ1n) is 7.97. The van der Waals surface area contributed by atoms with Crippen LogP contribution in [0.25, 0.3) is 0 Å². The predicted octanol–water partition coefficient (Wildman–Crippen LogP) is 2.62. The Morgan fingerprint density at radius 1 is 1.37 bits per heavy atom. The molecule has 2 rings (SSSR count). The normalized spacial score (nSPS) is 32.5. The Morgan fingerprint density at radius 2 is 2.05 bits per heavy atom. The summed E-state index contributed by atoms with van der Waals surface area (Å²) in [6.07, 6.45) is 7.19. The lowest BCUT2D eigenvalue weighted by Gasteiger charge is -2.38. The third kappa shape index (κ3) is 4.28. The molecule has 2 fully saturated rings. The van der Waals surface area contributed by atoms with Gasteiger partial charge in [-0.05, 0) is 38.5 Å². The molecule has 110 valence electrons. The molecule has 1 heterocycles. The van der Waals surface area contributed by atoms with E-state index in [0.717, 1.165) is 57.7 Å². The molecule has 0 aromatic heterocycles. The zero-order chi connectivity index (χ0) is 13.9. The summed E-state index contributed by atoms with van der Waals surface area (Å²) in [4.78, 5) is 14.5. The second kappa shape index (κ2) is 6.36. The van der Waals surface area contributed by atoms with Crippen molar-refractivity contribution < 1.29 is 9.90 Å². The maximum absolute atomic E-state index is 12.1. The van der Waals surface area contributed by atoms with E-state index in [-0.39, 0.29) is 5.92 Å². The van der Waals surface area contributed by atoms with Gasteiger partial charge < -0.3 is 10.0 Å². The van der Waals surface area contributed by atoms with Crippen LogP contribution in [0, 0.1) is 11.8 Å². The van der Waals surface area contributed by atoms with Crippen LogP contribution in [-0.4, -0.2) is 41.0 Å². The van der Waals surface area contributed by atoms with Crippen molar-refractivity contribution in [2.45, 2.75) is 64.4 Å². The smallest absolute Gasteiger partial charge is 0.137 e. The van der Waals surface area contributed by atoms with Crippen LogP contribution < -0.4 is 0 Å². The summed E-state index contributed by atoms with van der Waals surface area (Å²) in [5, 5.41) is 9.97. The lowest BCUT2D eigenvalue weighted by atomic mass is 9.78. The average molecular weight is 267 g/mol. The van der Waals surface area contributed by atoms with Crippen molar-refractivity contribution in [1.29, 1.82) is 0 Å². The van der Waals surface area contributed by atoms with E-state index in [1.807, 2.05) is 6.92 Å². The van der Waals surface area contributed by atoms with Gasteiger partial charge in [-0.25, -0.2) is 0 Å². The molecule has 0 bridgehead atoms. The van der Waals surface area contributed by atoms with Gasteiger partial charge in [-0.15, -0.1) is 0 Å². The molecule has 0 spiro atoms. The Labute approximate surface area is 117 Å². The van der Waals surface area contributed by atoms with Crippen LogP contribution in [0.5, 0.6) is 0 Å². The minimum absolute atomic E-state index is 0.258. The Balaban J connectivity index is 1.82. The van der Waals surface area contributed by atoms with Gasteiger partial charge in [0.15, 0.2) is 0 Å². The second-order valence-corrected chi connectivity index (χ2v) is 6.89. The van der Waals surface area contributed by atoms with Gasteiger partial charge in [0.1, 0.15) is 5.78 Å². The van der Waals surface area contributed by atoms with Crippen molar-refractivity contribution in [2.75, 3.05) is 19.6 Å². The predicted molar refractivity (Wildman–Crippen MR) is 77.0 cm³/mol. The molecule has 2 atom stereocenters. The number of hydrogen-bond acceptors (Lipinski definition) is 3. The van der Waals surface area contributed by atoms with Gasteiger partial charge in [0, 0.05) is 32.0 Å². The van der Waals surface area contributed by atoms with Gasteiger partial charge in [-0.3, -0.25) is 4.79 Å². The number of nitrogens with zero attached hydrogens (tertiary/aromatic N) is 1. The van der Waals surface area contributed by atoms with Gasteiger partial charge in [0.25, 0.3) is 0 Å². The molecule has 0 aromatic rings. The number of carbonyl (C=O) groups excluding carboxylic acids is 1. The minimum Gasteiger partial charge on any atom is -0.390 e. The van der Waals surface area contributed by atoms with Crippen LogP contribution in [0.15, 0.2) is 0 Å². The number of carbonyl (C=O) groups is 1. The van der Waals surface area contributed by atoms with E-state index in [4.69, 9.17) is 0 Å². The zero-order valence-corrected chi connectivity index (χ0v) is 12.5. The van der Waals surface area contributed by atoms with Crippen molar-refractivity contribution >= 4 is 5.78 Å². The van der Waals surface area contributed by atoms with Gasteiger partial charge in [-0.2, -0.15) is 0 Å². The molecule has 1 aliphatic carbocycles. The highest BCUT2D eigenvalue weighted by Gasteiger charge is 2.32. The van der Waals surface area contributed by atoms with E-state index in [1.54, 1.807) is 0 Å². The summed E-state index contributed by atoms with van der Waals surface area (Å²) in [7, 11) is 0. The van der Waals surface area contributed by atoms with Crippen LogP contribution in [-0.2, 0) is 4.79 Å². The van der Waals surface area contributed by atoms with E-state index in [1.165, 1.54) is 12.8 Å². The van der Waals surface area contributed by atoms with E-state index in [9.17, 15) is 9.90 Å². The van der Waals surface area contributed by atoms with Crippen LogP contribution in [0.2, 0.25) is 0 Å². The molecule has 3 nitrogen and oxygen atoms in total. The van der Waals surface area contributed by atoms with Crippen LogP contribution in [0.3, 0.4) is 0 Å². The third-order valence-electron chi connectivity index (χ3n) is 4.98. The summed E-state index contributed by atoms with van der Waals surface area (Å²) >= 11 is 0. The van der Waals surface area contributed by atoms with Gasteiger partial charge >= 0.3 is 0 Å². The van der Waals surface area contributed by atoms with Crippen molar-refractivity contribution in [3.05, 3.63) is 0 Å². The molecule has 1 N–H and O–H groups in total. The van der Waals surface area contributed by atoms with Crippen molar-refractivity contribution in [1.82, 2.24) is 4.90 Å². The summed E-state index contributed by atoms with van der Waals surface area (Å²) in [5.41, 5.74) is -0.488. The Kier molecular flexibility index (Phi) is 5.02. The first kappa shape index (κ1) is 15.0. The summed E-state index contributed by atoms with van der Waals surface area (Å²) < 4.78 is 0. The highest BCUT2D eigenvalue weighted by molar-refractivity contribution is 5.81. The molecular weight excluding hydrogens is 238 g/mol. The fourth-order valence-corrected chi connectivity index (χ4v) is 3.58. The van der Waals surface area contributed by atoms with Crippen LogP contribution in [0.1, 0.15) is 58.8 Å². The molecule has 0 aromatic carbocycles. The first-order chi connectivity index (χ1) is 9.00. The number of hydrogen-bond donors (Lipinski definition) is 1. The Bertz CT molecular complexity index is 304. The fourth-order valence-electron chi connectivity index (χ4n) is 3.58. The maximum Gasteiger partial charge on any atom is 0.137 e. The van der Waals surface area contributed by atoms with E-state index in [0.29, 0.717) is 5.78 Å². The monoisotopic (exact) mass is 267 g/mol. The summed E-state index contributed by atoms with van der Waals surface area (Å²) in [6.45, 7) is 6.96. The molecule has 2 unspecified atom stereocenters. The largest absolute Gasteiger partial charge is 0.390 e. The molecular formula is C16H29NO2. The SMILES string of the molecule is CCCC1CCC(=O)C(CN2CCC(C)(O)CC2)C1. The number of aliphatic hydroxyl groups is 1. The molecule has 0 radical (unpaired) electrons. The second-order valence-electron chi connectivity index (χ2n) is 6.89. The topological polar surface area (TPSA) is 40.5 Å². The van der Waals surface area contributed by atoms with Crippen LogP contribution in [0.4, 0.5) is 0 Å².